The first-order valence-corrected chi connectivity index (χ1v) is 11.7. The van der Waals surface area contributed by atoms with E-state index in [1.807, 2.05) is 18.2 Å². The smallest absolute Gasteiger partial charge is 0.242 e. The first-order valence-electron chi connectivity index (χ1n) is 10.2. The first-order chi connectivity index (χ1) is 14.3. The van der Waals surface area contributed by atoms with E-state index in [9.17, 15) is 12.8 Å². The van der Waals surface area contributed by atoms with Crippen molar-refractivity contribution in [2.24, 2.45) is 0 Å². The SMILES string of the molecule is CCn1c(CN2CCCC2c2ccc(F)cc2)nc2cc(S(=O)(=O)N(C)C)ccc21. The molecule has 2 heterocycles. The standard InChI is InChI=1S/C22H27FN4O2S/c1-4-27-21-12-11-18(30(28,29)25(2)3)14-19(21)24-22(27)15-26-13-5-6-20(26)16-7-9-17(23)10-8-16/h7-12,14,20H,4-6,13,15H2,1-3H3. The van der Waals surface area contributed by atoms with Crippen LogP contribution in [0.25, 0.3) is 11.0 Å². The van der Waals surface area contributed by atoms with Crippen LogP contribution in [0.2, 0.25) is 0 Å². The minimum atomic E-state index is -3.51. The minimum Gasteiger partial charge on any atom is -0.327 e. The summed E-state index contributed by atoms with van der Waals surface area (Å²) in [6.07, 6.45) is 2.11. The number of imidazole rings is 1. The van der Waals surface area contributed by atoms with Gasteiger partial charge in [0.15, 0.2) is 0 Å². The third-order valence-electron chi connectivity index (χ3n) is 5.86. The Morgan fingerprint density at radius 3 is 2.57 bits per heavy atom. The van der Waals surface area contributed by atoms with Gasteiger partial charge in [0.05, 0.1) is 22.5 Å². The molecule has 0 bridgehead atoms. The lowest BCUT2D eigenvalue weighted by Gasteiger charge is -2.24. The molecule has 0 radical (unpaired) electrons. The molecule has 1 aliphatic rings. The topological polar surface area (TPSA) is 58.4 Å². The van der Waals surface area contributed by atoms with Crippen LogP contribution in [0, 0.1) is 5.82 Å². The van der Waals surface area contributed by atoms with E-state index in [0.29, 0.717) is 12.1 Å². The second-order valence-corrected chi connectivity index (χ2v) is 10.0. The number of rotatable bonds is 6. The van der Waals surface area contributed by atoms with Gasteiger partial charge in [-0.3, -0.25) is 4.90 Å². The zero-order chi connectivity index (χ0) is 21.5. The fourth-order valence-electron chi connectivity index (χ4n) is 4.26. The highest BCUT2D eigenvalue weighted by atomic mass is 32.2. The summed E-state index contributed by atoms with van der Waals surface area (Å²) in [5, 5.41) is 0. The molecule has 0 amide bonds. The molecule has 4 rings (SSSR count). The summed E-state index contributed by atoms with van der Waals surface area (Å²) in [6.45, 7) is 4.44. The maximum atomic E-state index is 13.3. The number of nitrogens with zero attached hydrogens (tertiary/aromatic N) is 4. The molecule has 6 nitrogen and oxygen atoms in total. The fraction of sp³-hybridized carbons (Fsp3) is 0.409. The summed E-state index contributed by atoms with van der Waals surface area (Å²) >= 11 is 0. The van der Waals surface area contributed by atoms with Crippen molar-refractivity contribution in [2.45, 2.75) is 43.8 Å². The van der Waals surface area contributed by atoms with Crippen molar-refractivity contribution < 1.29 is 12.8 Å². The third kappa shape index (κ3) is 3.75. The van der Waals surface area contributed by atoms with Gasteiger partial charge in [-0.2, -0.15) is 0 Å². The lowest BCUT2D eigenvalue weighted by Crippen LogP contribution is -2.24. The van der Waals surface area contributed by atoms with E-state index in [-0.39, 0.29) is 16.8 Å². The molecule has 1 aromatic heterocycles. The molecule has 1 unspecified atom stereocenters. The van der Waals surface area contributed by atoms with Crippen molar-refractivity contribution in [2.75, 3.05) is 20.6 Å². The van der Waals surface area contributed by atoms with Crippen LogP contribution in [-0.4, -0.2) is 47.8 Å². The maximum Gasteiger partial charge on any atom is 0.242 e. The molecule has 160 valence electrons. The van der Waals surface area contributed by atoms with E-state index in [2.05, 4.69) is 16.4 Å². The van der Waals surface area contributed by atoms with Crippen LogP contribution in [0.4, 0.5) is 4.39 Å². The second kappa shape index (κ2) is 8.09. The van der Waals surface area contributed by atoms with Gasteiger partial charge < -0.3 is 4.57 Å². The average molecular weight is 431 g/mol. The number of halogens is 1. The molecular formula is C22H27FN4O2S. The van der Waals surface area contributed by atoms with E-state index in [4.69, 9.17) is 4.98 Å². The van der Waals surface area contributed by atoms with Crippen molar-refractivity contribution >= 4 is 21.1 Å². The van der Waals surface area contributed by atoms with Crippen LogP contribution in [0.3, 0.4) is 0 Å². The molecule has 0 N–H and O–H groups in total. The molecule has 0 spiro atoms. The van der Waals surface area contributed by atoms with Crippen LogP contribution in [0.1, 0.15) is 37.2 Å². The fourth-order valence-corrected chi connectivity index (χ4v) is 5.19. The summed E-state index contributed by atoms with van der Waals surface area (Å²) in [6, 6.07) is 12.1. The van der Waals surface area contributed by atoms with Crippen LogP contribution in [0.15, 0.2) is 47.4 Å². The van der Waals surface area contributed by atoms with Gasteiger partial charge in [0, 0.05) is 26.7 Å². The largest absolute Gasteiger partial charge is 0.327 e. The number of sulfonamides is 1. The Balaban J connectivity index is 1.67. The first kappa shape index (κ1) is 21.0. The van der Waals surface area contributed by atoms with E-state index < -0.39 is 10.0 Å². The molecule has 0 aliphatic carbocycles. The zero-order valence-electron chi connectivity index (χ0n) is 17.5. The highest BCUT2D eigenvalue weighted by Gasteiger charge is 2.28. The number of aromatic nitrogens is 2. The molecule has 1 atom stereocenters. The molecule has 8 heteroatoms. The minimum absolute atomic E-state index is 0.223. The lowest BCUT2D eigenvalue weighted by molar-refractivity contribution is 0.239. The zero-order valence-corrected chi connectivity index (χ0v) is 18.4. The summed E-state index contributed by atoms with van der Waals surface area (Å²) < 4.78 is 41.7. The molecule has 30 heavy (non-hydrogen) atoms. The van der Waals surface area contributed by atoms with E-state index in [0.717, 1.165) is 42.8 Å². The van der Waals surface area contributed by atoms with Gasteiger partial charge in [-0.15, -0.1) is 0 Å². The van der Waals surface area contributed by atoms with Gasteiger partial charge in [-0.1, -0.05) is 12.1 Å². The van der Waals surface area contributed by atoms with Crippen LogP contribution < -0.4 is 0 Å². The lowest BCUT2D eigenvalue weighted by atomic mass is 10.0. The molecule has 3 aromatic rings. The van der Waals surface area contributed by atoms with E-state index >= 15 is 0 Å². The van der Waals surface area contributed by atoms with Gasteiger partial charge in [-0.25, -0.2) is 22.1 Å². The van der Waals surface area contributed by atoms with Crippen molar-refractivity contribution in [3.8, 4) is 0 Å². The number of likely N-dealkylation sites (tertiary alicyclic amines) is 1. The Kier molecular flexibility index (Phi) is 5.65. The van der Waals surface area contributed by atoms with Crippen LogP contribution >= 0.6 is 0 Å². The van der Waals surface area contributed by atoms with Gasteiger partial charge in [0.25, 0.3) is 0 Å². The summed E-state index contributed by atoms with van der Waals surface area (Å²) in [5.41, 5.74) is 2.74. The highest BCUT2D eigenvalue weighted by Crippen LogP contribution is 2.33. The van der Waals surface area contributed by atoms with Gasteiger partial charge >= 0.3 is 0 Å². The predicted octanol–water partition coefficient (Wildman–Crippen LogP) is 3.78. The summed E-state index contributed by atoms with van der Waals surface area (Å²) in [7, 11) is -0.454. The maximum absolute atomic E-state index is 13.3. The Morgan fingerprint density at radius 2 is 1.90 bits per heavy atom. The third-order valence-corrected chi connectivity index (χ3v) is 7.67. The second-order valence-electron chi connectivity index (χ2n) is 7.89. The highest BCUT2D eigenvalue weighted by molar-refractivity contribution is 7.89. The number of hydrogen-bond donors (Lipinski definition) is 0. The molecule has 2 aromatic carbocycles. The molecular weight excluding hydrogens is 403 g/mol. The molecule has 0 saturated carbocycles. The van der Waals surface area contributed by atoms with E-state index in [1.165, 1.54) is 30.5 Å². The Bertz CT molecular complexity index is 1160. The van der Waals surface area contributed by atoms with Crippen molar-refractivity contribution in [1.29, 1.82) is 0 Å². The molecule has 1 aliphatic heterocycles. The van der Waals surface area contributed by atoms with Crippen LogP contribution in [-0.2, 0) is 23.1 Å². The Labute approximate surface area is 177 Å². The summed E-state index contributed by atoms with van der Waals surface area (Å²) in [5.74, 6) is 0.695. The predicted molar refractivity (Wildman–Crippen MR) is 115 cm³/mol. The van der Waals surface area contributed by atoms with Gasteiger partial charge in [0.1, 0.15) is 11.6 Å². The molecule has 1 fully saturated rings. The number of aryl methyl sites for hydroxylation is 1. The monoisotopic (exact) mass is 430 g/mol. The Hall–Kier alpha value is -2.29. The van der Waals surface area contributed by atoms with Crippen LogP contribution in [0.5, 0.6) is 0 Å². The number of hydrogen-bond acceptors (Lipinski definition) is 4. The van der Waals surface area contributed by atoms with Gasteiger partial charge in [0.2, 0.25) is 10.0 Å². The van der Waals surface area contributed by atoms with Gasteiger partial charge in [-0.05, 0) is 62.2 Å². The van der Waals surface area contributed by atoms with Crippen molar-refractivity contribution in [1.82, 2.24) is 18.8 Å². The van der Waals surface area contributed by atoms with E-state index in [1.54, 1.807) is 12.1 Å². The average Bonchev–Trinajstić information content (AvgIpc) is 3.32. The van der Waals surface area contributed by atoms with Crippen molar-refractivity contribution in [3.05, 3.63) is 59.7 Å². The Morgan fingerprint density at radius 1 is 1.17 bits per heavy atom. The quantitative estimate of drug-likeness (QED) is 0.597. The summed E-state index contributed by atoms with van der Waals surface area (Å²) in [4.78, 5) is 7.42. The molecule has 1 saturated heterocycles. The normalized spacial score (nSPS) is 18.0. The van der Waals surface area contributed by atoms with Crippen molar-refractivity contribution in [3.63, 3.8) is 0 Å². The number of fused-ring (bicyclic) bond motifs is 1. The number of benzene rings is 2.